The van der Waals surface area contributed by atoms with Crippen LogP contribution in [0.25, 0.3) is 11.1 Å². The minimum absolute atomic E-state index is 0.0382. The van der Waals surface area contributed by atoms with Crippen molar-refractivity contribution >= 4 is 12.4 Å². The van der Waals surface area contributed by atoms with Gasteiger partial charge in [-0.2, -0.15) is 0 Å². The number of aldehydes is 1. The monoisotopic (exact) mass is 335 g/mol. The summed E-state index contributed by atoms with van der Waals surface area (Å²) in [7, 11) is 0. The molecule has 1 atom stereocenters. The first-order chi connectivity index (χ1) is 12.3. The van der Waals surface area contributed by atoms with E-state index in [2.05, 4.69) is 29.6 Å². The van der Waals surface area contributed by atoms with Gasteiger partial charge in [-0.3, -0.25) is 0 Å². The highest BCUT2D eigenvalue weighted by molar-refractivity contribution is 5.79. The Morgan fingerprint density at radius 1 is 1.08 bits per heavy atom. The van der Waals surface area contributed by atoms with Gasteiger partial charge in [-0.25, -0.2) is 4.79 Å². The Morgan fingerprint density at radius 3 is 2.24 bits per heavy atom. The summed E-state index contributed by atoms with van der Waals surface area (Å²) < 4.78 is 5.47. The molecule has 1 unspecified atom stereocenters. The molecule has 0 saturated heterocycles. The number of rotatable bonds is 6. The summed E-state index contributed by atoms with van der Waals surface area (Å²) in [4.78, 5) is 23.2. The van der Waals surface area contributed by atoms with Gasteiger partial charge < -0.3 is 14.8 Å². The highest BCUT2D eigenvalue weighted by Crippen LogP contribution is 2.44. The van der Waals surface area contributed by atoms with Gasteiger partial charge in [0.15, 0.2) is 0 Å². The SMILES string of the molecule is O=CC(CC1CC1)NC(=O)OCC1c2ccccc2-c2ccccc21. The van der Waals surface area contributed by atoms with E-state index in [1.807, 2.05) is 24.3 Å². The van der Waals surface area contributed by atoms with E-state index < -0.39 is 12.1 Å². The van der Waals surface area contributed by atoms with Crippen LogP contribution >= 0.6 is 0 Å². The molecular formula is C21H21NO3. The van der Waals surface area contributed by atoms with Crippen molar-refractivity contribution in [2.45, 2.75) is 31.2 Å². The smallest absolute Gasteiger partial charge is 0.407 e. The number of hydrogen-bond acceptors (Lipinski definition) is 3. The van der Waals surface area contributed by atoms with Crippen LogP contribution in [0.5, 0.6) is 0 Å². The summed E-state index contributed by atoms with van der Waals surface area (Å²) in [5.74, 6) is 0.611. The number of carbonyl (C=O) groups is 2. The van der Waals surface area contributed by atoms with E-state index in [4.69, 9.17) is 4.74 Å². The standard InChI is InChI=1S/C21H21NO3/c23-12-15(11-14-9-10-14)22-21(24)25-13-20-18-7-3-1-5-16(18)17-6-2-4-8-19(17)20/h1-8,12,14-15,20H,9-11,13H2,(H,22,24). The maximum absolute atomic E-state index is 12.1. The molecule has 0 radical (unpaired) electrons. The highest BCUT2D eigenvalue weighted by atomic mass is 16.5. The van der Waals surface area contributed by atoms with Crippen LogP contribution in [-0.2, 0) is 9.53 Å². The van der Waals surface area contributed by atoms with Gasteiger partial charge in [0.2, 0.25) is 0 Å². The van der Waals surface area contributed by atoms with Crippen molar-refractivity contribution in [2.24, 2.45) is 5.92 Å². The number of amides is 1. The Morgan fingerprint density at radius 2 is 1.68 bits per heavy atom. The van der Waals surface area contributed by atoms with Crippen LogP contribution < -0.4 is 5.32 Å². The molecule has 2 aliphatic carbocycles. The van der Waals surface area contributed by atoms with Crippen LogP contribution in [0.1, 0.15) is 36.3 Å². The number of ether oxygens (including phenoxy) is 1. The van der Waals surface area contributed by atoms with Gasteiger partial charge in [-0.15, -0.1) is 0 Å². The van der Waals surface area contributed by atoms with Crippen molar-refractivity contribution in [3.8, 4) is 11.1 Å². The van der Waals surface area contributed by atoms with Gasteiger partial charge in [0.1, 0.15) is 12.9 Å². The second kappa shape index (κ2) is 6.71. The number of nitrogens with one attached hydrogen (secondary N) is 1. The van der Waals surface area contributed by atoms with Crippen LogP contribution in [-0.4, -0.2) is 25.0 Å². The fraction of sp³-hybridized carbons (Fsp3) is 0.333. The van der Waals surface area contributed by atoms with Crippen LogP contribution in [0, 0.1) is 5.92 Å². The molecule has 2 aromatic rings. The van der Waals surface area contributed by atoms with E-state index in [1.165, 1.54) is 22.3 Å². The van der Waals surface area contributed by atoms with Gasteiger partial charge in [0.05, 0.1) is 6.04 Å². The third-order valence-electron chi connectivity index (χ3n) is 5.10. The van der Waals surface area contributed by atoms with E-state index in [9.17, 15) is 9.59 Å². The first-order valence-electron chi connectivity index (χ1n) is 8.83. The maximum atomic E-state index is 12.1. The minimum Gasteiger partial charge on any atom is -0.449 e. The van der Waals surface area contributed by atoms with Crippen molar-refractivity contribution in [2.75, 3.05) is 6.61 Å². The summed E-state index contributed by atoms with van der Waals surface area (Å²) in [6.45, 7) is 0.273. The van der Waals surface area contributed by atoms with Crippen molar-refractivity contribution in [1.82, 2.24) is 5.32 Å². The number of fused-ring (bicyclic) bond motifs is 3. The number of alkyl carbamates (subject to hydrolysis) is 1. The predicted octanol–water partition coefficient (Wildman–Crippen LogP) is 3.89. The van der Waals surface area contributed by atoms with Crippen molar-refractivity contribution in [3.05, 3.63) is 59.7 Å². The molecule has 1 saturated carbocycles. The lowest BCUT2D eigenvalue weighted by Gasteiger charge is -2.16. The molecular weight excluding hydrogens is 314 g/mol. The Hall–Kier alpha value is -2.62. The topological polar surface area (TPSA) is 55.4 Å². The first-order valence-corrected chi connectivity index (χ1v) is 8.83. The van der Waals surface area contributed by atoms with E-state index >= 15 is 0 Å². The van der Waals surface area contributed by atoms with Gasteiger partial charge in [0, 0.05) is 5.92 Å². The summed E-state index contributed by atoms with van der Waals surface area (Å²) in [5.41, 5.74) is 4.76. The summed E-state index contributed by atoms with van der Waals surface area (Å²) >= 11 is 0. The predicted molar refractivity (Wildman–Crippen MR) is 95.4 cm³/mol. The summed E-state index contributed by atoms with van der Waals surface area (Å²) in [6, 6.07) is 16.0. The van der Waals surface area contributed by atoms with Crippen molar-refractivity contribution in [1.29, 1.82) is 0 Å². The second-order valence-corrected chi connectivity index (χ2v) is 6.89. The fourth-order valence-corrected chi connectivity index (χ4v) is 3.65. The Kier molecular flexibility index (Phi) is 4.26. The lowest BCUT2D eigenvalue weighted by molar-refractivity contribution is -0.109. The molecule has 0 heterocycles. The Labute approximate surface area is 147 Å². The molecule has 25 heavy (non-hydrogen) atoms. The zero-order valence-corrected chi connectivity index (χ0v) is 14.0. The molecule has 0 bridgehead atoms. The molecule has 4 rings (SSSR count). The molecule has 0 spiro atoms. The molecule has 1 fully saturated rings. The van der Waals surface area contributed by atoms with Gasteiger partial charge in [-0.05, 0) is 34.6 Å². The van der Waals surface area contributed by atoms with Crippen LogP contribution in [0.3, 0.4) is 0 Å². The minimum atomic E-state index is -0.514. The number of benzene rings is 2. The molecule has 1 amide bonds. The van der Waals surface area contributed by atoms with Crippen LogP contribution in [0.15, 0.2) is 48.5 Å². The lowest BCUT2D eigenvalue weighted by Crippen LogP contribution is -2.37. The molecule has 0 aromatic heterocycles. The normalized spacial score (nSPS) is 16.6. The molecule has 128 valence electrons. The Bertz CT molecular complexity index is 752. The van der Waals surface area contributed by atoms with Gasteiger partial charge >= 0.3 is 6.09 Å². The van der Waals surface area contributed by atoms with Crippen molar-refractivity contribution in [3.63, 3.8) is 0 Å². The lowest BCUT2D eigenvalue weighted by atomic mass is 9.98. The molecule has 2 aromatic carbocycles. The number of carbonyl (C=O) groups excluding carboxylic acids is 2. The first kappa shape index (κ1) is 15.9. The fourth-order valence-electron chi connectivity index (χ4n) is 3.65. The molecule has 4 nitrogen and oxygen atoms in total. The quantitative estimate of drug-likeness (QED) is 0.815. The summed E-state index contributed by atoms with van der Waals surface area (Å²) in [5, 5.41) is 2.68. The maximum Gasteiger partial charge on any atom is 0.407 e. The third kappa shape index (κ3) is 3.29. The van der Waals surface area contributed by atoms with E-state index in [1.54, 1.807) is 0 Å². The van der Waals surface area contributed by atoms with Gasteiger partial charge in [0.25, 0.3) is 0 Å². The molecule has 0 aliphatic heterocycles. The van der Waals surface area contributed by atoms with Gasteiger partial charge in [-0.1, -0.05) is 61.4 Å². The van der Waals surface area contributed by atoms with Crippen LogP contribution in [0.2, 0.25) is 0 Å². The van der Waals surface area contributed by atoms with Crippen molar-refractivity contribution < 1.29 is 14.3 Å². The largest absolute Gasteiger partial charge is 0.449 e. The molecule has 2 aliphatic rings. The zero-order chi connectivity index (χ0) is 17.2. The highest BCUT2D eigenvalue weighted by Gasteiger charge is 2.30. The second-order valence-electron chi connectivity index (χ2n) is 6.89. The van der Waals surface area contributed by atoms with Crippen LogP contribution in [0.4, 0.5) is 4.79 Å². The average molecular weight is 335 g/mol. The Balaban J connectivity index is 1.44. The van der Waals surface area contributed by atoms with E-state index in [0.717, 1.165) is 19.1 Å². The molecule has 4 heteroatoms. The number of hydrogen-bond donors (Lipinski definition) is 1. The average Bonchev–Trinajstić information content (AvgIpc) is 3.40. The third-order valence-corrected chi connectivity index (χ3v) is 5.10. The van der Waals surface area contributed by atoms with E-state index in [0.29, 0.717) is 12.3 Å². The molecule has 1 N–H and O–H groups in total. The zero-order valence-electron chi connectivity index (χ0n) is 14.0. The summed E-state index contributed by atoms with van der Waals surface area (Å²) in [6.07, 6.45) is 3.31. The van der Waals surface area contributed by atoms with E-state index in [-0.39, 0.29) is 12.5 Å².